The Morgan fingerprint density at radius 2 is 2.04 bits per heavy atom. The van der Waals surface area contributed by atoms with Gasteiger partial charge in [-0.2, -0.15) is 0 Å². The number of rotatable bonds is 7. The molecule has 1 N–H and O–H groups in total. The number of hydrogen-bond donors (Lipinski definition) is 1. The van der Waals surface area contributed by atoms with Gasteiger partial charge in [0.15, 0.2) is 16.8 Å². The van der Waals surface area contributed by atoms with Crippen molar-refractivity contribution in [3.8, 4) is 11.3 Å². The Bertz CT molecular complexity index is 865. The summed E-state index contributed by atoms with van der Waals surface area (Å²) in [5.41, 5.74) is 3.22. The molecule has 0 spiro atoms. The maximum atomic E-state index is 12.0. The third-order valence-corrected chi connectivity index (χ3v) is 4.74. The standard InChI is InChI=1S/C20H23N3O2S/c1-13(2)10-15-4-6-16(7-5-15)17-11-21-19(25-17)9-8-18(24)23-20-22-14(3)12-26-20/h4-7,11-13H,8-10H2,1-3H3,(H,22,23,24). The molecule has 0 aliphatic carbocycles. The van der Waals surface area contributed by atoms with Crippen molar-refractivity contribution >= 4 is 22.4 Å². The number of benzene rings is 1. The fourth-order valence-corrected chi connectivity index (χ4v) is 3.35. The van der Waals surface area contributed by atoms with Crippen molar-refractivity contribution in [1.29, 1.82) is 0 Å². The van der Waals surface area contributed by atoms with Crippen LogP contribution >= 0.6 is 11.3 Å². The lowest BCUT2D eigenvalue weighted by atomic mass is 10.0. The summed E-state index contributed by atoms with van der Waals surface area (Å²) in [6.45, 7) is 6.32. The third kappa shape index (κ3) is 5.02. The van der Waals surface area contributed by atoms with Crippen molar-refractivity contribution in [1.82, 2.24) is 9.97 Å². The molecule has 136 valence electrons. The maximum Gasteiger partial charge on any atom is 0.226 e. The molecule has 5 nitrogen and oxygen atoms in total. The smallest absolute Gasteiger partial charge is 0.226 e. The first-order valence-corrected chi connectivity index (χ1v) is 9.63. The first-order chi connectivity index (χ1) is 12.5. The van der Waals surface area contributed by atoms with Crippen LogP contribution in [0.15, 0.2) is 40.3 Å². The van der Waals surface area contributed by atoms with Crippen LogP contribution in [0.2, 0.25) is 0 Å². The second kappa shape index (κ2) is 8.27. The number of nitrogens with one attached hydrogen (secondary N) is 1. The third-order valence-electron chi connectivity index (χ3n) is 3.87. The van der Waals surface area contributed by atoms with E-state index in [-0.39, 0.29) is 5.91 Å². The topological polar surface area (TPSA) is 68.0 Å². The zero-order valence-electron chi connectivity index (χ0n) is 15.3. The van der Waals surface area contributed by atoms with Gasteiger partial charge in [0.2, 0.25) is 5.91 Å². The Hall–Kier alpha value is -2.47. The molecule has 3 rings (SSSR count). The van der Waals surface area contributed by atoms with Crippen LogP contribution in [-0.2, 0) is 17.6 Å². The number of thiazole rings is 1. The molecule has 2 aromatic heterocycles. The predicted molar refractivity (Wildman–Crippen MR) is 104 cm³/mol. The fraction of sp³-hybridized carbons (Fsp3) is 0.350. The summed E-state index contributed by atoms with van der Waals surface area (Å²) >= 11 is 1.42. The molecular weight excluding hydrogens is 346 g/mol. The minimum absolute atomic E-state index is 0.0860. The molecule has 0 atom stereocenters. The van der Waals surface area contributed by atoms with Crippen LogP contribution in [0.3, 0.4) is 0 Å². The van der Waals surface area contributed by atoms with Crippen LogP contribution in [0.5, 0.6) is 0 Å². The molecule has 26 heavy (non-hydrogen) atoms. The van der Waals surface area contributed by atoms with E-state index < -0.39 is 0 Å². The molecule has 1 aromatic carbocycles. The first-order valence-electron chi connectivity index (χ1n) is 8.75. The fourth-order valence-electron chi connectivity index (χ4n) is 2.65. The van der Waals surface area contributed by atoms with Crippen molar-refractivity contribution in [2.45, 2.75) is 40.0 Å². The largest absolute Gasteiger partial charge is 0.441 e. The van der Waals surface area contributed by atoms with Crippen LogP contribution < -0.4 is 5.32 Å². The van der Waals surface area contributed by atoms with Gasteiger partial charge in [0.05, 0.1) is 11.9 Å². The summed E-state index contributed by atoms with van der Waals surface area (Å²) in [7, 11) is 0. The molecule has 0 saturated carbocycles. The number of nitrogens with zero attached hydrogens (tertiary/aromatic N) is 2. The minimum Gasteiger partial charge on any atom is -0.441 e. The molecule has 0 unspecified atom stereocenters. The lowest BCUT2D eigenvalue weighted by molar-refractivity contribution is -0.116. The van der Waals surface area contributed by atoms with Crippen LogP contribution in [0.25, 0.3) is 11.3 Å². The highest BCUT2D eigenvalue weighted by atomic mass is 32.1. The van der Waals surface area contributed by atoms with E-state index in [1.54, 1.807) is 6.20 Å². The quantitative estimate of drug-likeness (QED) is 0.645. The number of hydrogen-bond acceptors (Lipinski definition) is 5. The maximum absolute atomic E-state index is 12.0. The average molecular weight is 369 g/mol. The summed E-state index contributed by atoms with van der Waals surface area (Å²) in [4.78, 5) is 20.5. The van der Waals surface area contributed by atoms with Gasteiger partial charge in [0.1, 0.15) is 0 Å². The van der Waals surface area contributed by atoms with Crippen molar-refractivity contribution in [2.75, 3.05) is 5.32 Å². The second-order valence-electron chi connectivity index (χ2n) is 6.76. The van der Waals surface area contributed by atoms with Crippen molar-refractivity contribution in [2.24, 2.45) is 5.92 Å². The number of aromatic nitrogens is 2. The molecular formula is C20H23N3O2S. The van der Waals surface area contributed by atoms with E-state index in [9.17, 15) is 4.79 Å². The van der Waals surface area contributed by atoms with E-state index in [0.29, 0.717) is 29.8 Å². The molecule has 0 bridgehead atoms. The summed E-state index contributed by atoms with van der Waals surface area (Å²) < 4.78 is 5.79. The number of oxazole rings is 1. The number of carbonyl (C=O) groups is 1. The van der Waals surface area contributed by atoms with Gasteiger partial charge in [-0.05, 0) is 24.8 Å². The molecule has 3 aromatic rings. The van der Waals surface area contributed by atoms with E-state index >= 15 is 0 Å². The van der Waals surface area contributed by atoms with E-state index in [1.165, 1.54) is 16.9 Å². The molecule has 6 heteroatoms. The van der Waals surface area contributed by atoms with E-state index in [0.717, 1.165) is 23.4 Å². The lowest BCUT2D eigenvalue weighted by Gasteiger charge is -2.05. The van der Waals surface area contributed by atoms with Gasteiger partial charge in [0.25, 0.3) is 0 Å². The summed E-state index contributed by atoms with van der Waals surface area (Å²) in [5, 5.41) is 5.32. The lowest BCUT2D eigenvalue weighted by Crippen LogP contribution is -2.12. The van der Waals surface area contributed by atoms with Gasteiger partial charge in [-0.15, -0.1) is 11.3 Å². The highest BCUT2D eigenvalue weighted by Gasteiger charge is 2.10. The van der Waals surface area contributed by atoms with E-state index in [4.69, 9.17) is 4.42 Å². The first kappa shape index (κ1) is 18.3. The number of amides is 1. The number of aryl methyl sites for hydroxylation is 2. The number of carbonyl (C=O) groups excluding carboxylic acids is 1. The summed E-state index contributed by atoms with van der Waals surface area (Å²) in [6.07, 6.45) is 3.55. The van der Waals surface area contributed by atoms with Crippen LogP contribution in [-0.4, -0.2) is 15.9 Å². The van der Waals surface area contributed by atoms with Gasteiger partial charge in [0, 0.05) is 23.8 Å². The van der Waals surface area contributed by atoms with Crippen molar-refractivity contribution in [3.63, 3.8) is 0 Å². The summed E-state index contributed by atoms with van der Waals surface area (Å²) in [5.74, 6) is 1.85. The van der Waals surface area contributed by atoms with Crippen molar-refractivity contribution < 1.29 is 9.21 Å². The Morgan fingerprint density at radius 1 is 1.27 bits per heavy atom. The molecule has 1 amide bonds. The minimum atomic E-state index is -0.0860. The normalized spacial score (nSPS) is 11.1. The van der Waals surface area contributed by atoms with Crippen molar-refractivity contribution in [3.05, 3.63) is 53.0 Å². The highest BCUT2D eigenvalue weighted by Crippen LogP contribution is 2.22. The van der Waals surface area contributed by atoms with Gasteiger partial charge in [-0.1, -0.05) is 38.1 Å². The highest BCUT2D eigenvalue weighted by molar-refractivity contribution is 7.13. The SMILES string of the molecule is Cc1csc(NC(=O)CCc2ncc(-c3ccc(CC(C)C)cc3)o2)n1. The van der Waals surface area contributed by atoms with Gasteiger partial charge in [-0.25, -0.2) is 9.97 Å². The van der Waals surface area contributed by atoms with Gasteiger partial charge < -0.3 is 9.73 Å². The van der Waals surface area contributed by atoms with Crippen LogP contribution in [0.4, 0.5) is 5.13 Å². The predicted octanol–water partition coefficient (Wildman–Crippen LogP) is 4.88. The monoisotopic (exact) mass is 369 g/mol. The Morgan fingerprint density at radius 3 is 2.69 bits per heavy atom. The molecule has 0 fully saturated rings. The van der Waals surface area contributed by atoms with Crippen LogP contribution in [0.1, 0.15) is 37.4 Å². The zero-order valence-corrected chi connectivity index (χ0v) is 16.1. The Labute approximate surface area is 157 Å². The summed E-state index contributed by atoms with van der Waals surface area (Å²) in [6, 6.07) is 8.36. The molecule has 0 aliphatic rings. The molecule has 0 radical (unpaired) electrons. The molecule has 0 saturated heterocycles. The van der Waals surface area contributed by atoms with Gasteiger partial charge in [-0.3, -0.25) is 4.79 Å². The van der Waals surface area contributed by atoms with E-state index in [2.05, 4.69) is 53.4 Å². The van der Waals surface area contributed by atoms with Crippen LogP contribution in [0, 0.1) is 12.8 Å². The van der Waals surface area contributed by atoms with E-state index in [1.807, 2.05) is 12.3 Å². The van der Waals surface area contributed by atoms with Gasteiger partial charge >= 0.3 is 0 Å². The molecule has 0 aliphatic heterocycles. The Balaban J connectivity index is 1.55. The average Bonchev–Trinajstić information content (AvgIpc) is 3.22. The molecule has 2 heterocycles. The number of anilines is 1. The zero-order chi connectivity index (χ0) is 18.5. The second-order valence-corrected chi connectivity index (χ2v) is 7.61. The Kier molecular flexibility index (Phi) is 5.83.